The SMILES string of the molecule is CCCn1cc(Br)cc1C(=O)Nc1cc(Br)ccc1F. The molecule has 1 aromatic heterocycles. The molecule has 0 spiro atoms. The average Bonchev–Trinajstić information content (AvgIpc) is 2.75. The zero-order chi connectivity index (χ0) is 14.7. The van der Waals surface area contributed by atoms with Gasteiger partial charge in [0.15, 0.2) is 0 Å². The number of amides is 1. The number of anilines is 1. The van der Waals surface area contributed by atoms with Crippen molar-refractivity contribution in [2.24, 2.45) is 0 Å². The lowest BCUT2D eigenvalue weighted by atomic mass is 10.3. The Morgan fingerprint density at radius 1 is 1.30 bits per heavy atom. The lowest BCUT2D eigenvalue weighted by molar-refractivity contribution is 0.101. The van der Waals surface area contributed by atoms with Gasteiger partial charge < -0.3 is 9.88 Å². The fourth-order valence-corrected chi connectivity index (χ4v) is 2.70. The van der Waals surface area contributed by atoms with E-state index in [0.29, 0.717) is 10.2 Å². The average molecular weight is 404 g/mol. The van der Waals surface area contributed by atoms with Crippen LogP contribution >= 0.6 is 31.9 Å². The number of benzene rings is 1. The van der Waals surface area contributed by atoms with Crippen molar-refractivity contribution in [3.05, 3.63) is 50.9 Å². The lowest BCUT2D eigenvalue weighted by Crippen LogP contribution is -2.17. The minimum absolute atomic E-state index is 0.157. The predicted octanol–water partition coefficient (Wildman–Crippen LogP) is 4.81. The second-order valence-electron chi connectivity index (χ2n) is 4.32. The molecular weight excluding hydrogens is 391 g/mol. The maximum Gasteiger partial charge on any atom is 0.272 e. The van der Waals surface area contributed by atoms with E-state index >= 15 is 0 Å². The molecule has 0 aliphatic carbocycles. The summed E-state index contributed by atoms with van der Waals surface area (Å²) in [6.45, 7) is 2.76. The van der Waals surface area contributed by atoms with Gasteiger partial charge in [0.2, 0.25) is 0 Å². The molecule has 0 saturated carbocycles. The molecule has 0 atom stereocenters. The van der Waals surface area contributed by atoms with Gasteiger partial charge in [0.25, 0.3) is 5.91 Å². The first-order chi connectivity index (χ1) is 9.51. The van der Waals surface area contributed by atoms with Crippen LogP contribution in [0.15, 0.2) is 39.4 Å². The van der Waals surface area contributed by atoms with E-state index in [4.69, 9.17) is 0 Å². The number of aryl methyl sites for hydroxylation is 1. The highest BCUT2D eigenvalue weighted by Crippen LogP contribution is 2.22. The molecule has 0 radical (unpaired) electrons. The van der Waals surface area contributed by atoms with E-state index in [1.54, 1.807) is 12.1 Å². The summed E-state index contributed by atoms with van der Waals surface area (Å²) in [6, 6.07) is 6.15. The van der Waals surface area contributed by atoms with E-state index < -0.39 is 5.82 Å². The summed E-state index contributed by atoms with van der Waals surface area (Å²) in [4.78, 5) is 12.3. The van der Waals surface area contributed by atoms with Crippen LogP contribution in [0.1, 0.15) is 23.8 Å². The highest BCUT2D eigenvalue weighted by atomic mass is 79.9. The van der Waals surface area contributed by atoms with Crippen molar-refractivity contribution in [3.8, 4) is 0 Å². The Kier molecular flexibility index (Phi) is 4.99. The molecule has 0 aliphatic heterocycles. The van der Waals surface area contributed by atoms with E-state index in [-0.39, 0.29) is 11.6 Å². The Morgan fingerprint density at radius 3 is 2.75 bits per heavy atom. The van der Waals surface area contributed by atoms with E-state index in [1.807, 2.05) is 17.7 Å². The van der Waals surface area contributed by atoms with Crippen LogP contribution < -0.4 is 5.32 Å². The third-order valence-electron chi connectivity index (χ3n) is 2.74. The number of nitrogens with one attached hydrogen (secondary N) is 1. The monoisotopic (exact) mass is 402 g/mol. The van der Waals surface area contributed by atoms with Crippen molar-refractivity contribution in [2.45, 2.75) is 19.9 Å². The molecule has 2 rings (SSSR count). The van der Waals surface area contributed by atoms with Crippen molar-refractivity contribution < 1.29 is 9.18 Å². The molecule has 6 heteroatoms. The molecule has 3 nitrogen and oxygen atoms in total. The van der Waals surface area contributed by atoms with Crippen LogP contribution in [0.2, 0.25) is 0 Å². The van der Waals surface area contributed by atoms with Crippen molar-refractivity contribution >= 4 is 43.5 Å². The van der Waals surface area contributed by atoms with Gasteiger partial charge in [0.1, 0.15) is 11.5 Å². The maximum absolute atomic E-state index is 13.6. The summed E-state index contributed by atoms with van der Waals surface area (Å²) in [7, 11) is 0. The Balaban J connectivity index is 2.26. The first-order valence-corrected chi connectivity index (χ1v) is 7.72. The molecule has 0 saturated heterocycles. The Bertz CT molecular complexity index is 640. The van der Waals surface area contributed by atoms with E-state index in [1.165, 1.54) is 12.1 Å². The summed E-state index contributed by atoms with van der Waals surface area (Å²) in [5.74, 6) is -0.796. The normalized spacial score (nSPS) is 10.6. The van der Waals surface area contributed by atoms with Crippen molar-refractivity contribution in [2.75, 3.05) is 5.32 Å². The smallest absolute Gasteiger partial charge is 0.272 e. The first-order valence-electron chi connectivity index (χ1n) is 6.13. The summed E-state index contributed by atoms with van der Waals surface area (Å²) >= 11 is 6.61. The fraction of sp³-hybridized carbons (Fsp3) is 0.214. The number of halogens is 3. The van der Waals surface area contributed by atoms with Crippen molar-refractivity contribution in [1.82, 2.24) is 4.57 Å². The van der Waals surface area contributed by atoms with Gasteiger partial charge in [-0.1, -0.05) is 22.9 Å². The van der Waals surface area contributed by atoms with Gasteiger partial charge >= 0.3 is 0 Å². The number of aromatic nitrogens is 1. The van der Waals surface area contributed by atoms with Gasteiger partial charge in [-0.15, -0.1) is 0 Å². The van der Waals surface area contributed by atoms with Crippen LogP contribution in [0.3, 0.4) is 0 Å². The number of carbonyl (C=O) groups is 1. The zero-order valence-corrected chi connectivity index (χ0v) is 14.0. The molecule has 1 amide bonds. The minimum Gasteiger partial charge on any atom is -0.342 e. The third kappa shape index (κ3) is 3.49. The second kappa shape index (κ2) is 6.54. The molecule has 0 aliphatic rings. The highest BCUT2D eigenvalue weighted by molar-refractivity contribution is 9.10. The number of hydrogen-bond acceptors (Lipinski definition) is 1. The molecule has 0 bridgehead atoms. The Labute approximate surface area is 133 Å². The molecule has 0 fully saturated rings. The van der Waals surface area contributed by atoms with Crippen molar-refractivity contribution in [3.63, 3.8) is 0 Å². The molecule has 0 unspecified atom stereocenters. The third-order valence-corrected chi connectivity index (χ3v) is 3.66. The van der Waals surface area contributed by atoms with Gasteiger partial charge in [-0.3, -0.25) is 4.79 Å². The number of hydrogen-bond donors (Lipinski definition) is 1. The minimum atomic E-state index is -0.464. The zero-order valence-electron chi connectivity index (χ0n) is 10.8. The van der Waals surface area contributed by atoms with E-state index in [9.17, 15) is 9.18 Å². The molecule has 2 aromatic rings. The van der Waals surface area contributed by atoms with Gasteiger partial charge in [-0.25, -0.2) is 4.39 Å². The fourth-order valence-electron chi connectivity index (χ4n) is 1.87. The highest BCUT2D eigenvalue weighted by Gasteiger charge is 2.14. The van der Waals surface area contributed by atoms with Crippen LogP contribution in [-0.2, 0) is 6.54 Å². The summed E-state index contributed by atoms with van der Waals surface area (Å²) in [6.07, 6.45) is 2.75. The van der Waals surface area contributed by atoms with Gasteiger partial charge in [-0.2, -0.15) is 0 Å². The predicted molar refractivity (Wildman–Crippen MR) is 84.5 cm³/mol. The standard InChI is InChI=1S/C14H13Br2FN2O/c1-2-5-19-8-10(16)7-13(19)14(20)18-12-6-9(15)3-4-11(12)17/h3-4,6-8H,2,5H2,1H3,(H,18,20). The largest absolute Gasteiger partial charge is 0.342 e. The molecule has 1 heterocycles. The summed E-state index contributed by atoms with van der Waals surface area (Å²) in [5, 5.41) is 2.59. The molecule has 1 N–H and O–H groups in total. The number of rotatable bonds is 4. The van der Waals surface area contributed by atoms with Crippen LogP contribution in [0.5, 0.6) is 0 Å². The summed E-state index contributed by atoms with van der Waals surface area (Å²) in [5.41, 5.74) is 0.655. The quantitative estimate of drug-likeness (QED) is 0.780. The van der Waals surface area contributed by atoms with E-state index in [2.05, 4.69) is 37.2 Å². The van der Waals surface area contributed by atoms with Crippen molar-refractivity contribution in [1.29, 1.82) is 0 Å². The van der Waals surface area contributed by atoms with Crippen LogP contribution in [0.4, 0.5) is 10.1 Å². The number of nitrogens with zero attached hydrogens (tertiary/aromatic N) is 1. The van der Waals surface area contributed by atoms with E-state index in [0.717, 1.165) is 17.4 Å². The second-order valence-corrected chi connectivity index (χ2v) is 6.15. The van der Waals surface area contributed by atoms with Gasteiger partial charge in [0, 0.05) is 21.7 Å². The molecule has 20 heavy (non-hydrogen) atoms. The molecule has 106 valence electrons. The van der Waals surface area contributed by atoms with Crippen LogP contribution in [0.25, 0.3) is 0 Å². The lowest BCUT2D eigenvalue weighted by Gasteiger charge is -2.09. The van der Waals surface area contributed by atoms with Gasteiger partial charge in [0.05, 0.1) is 5.69 Å². The summed E-state index contributed by atoms with van der Waals surface area (Å²) < 4.78 is 17.0. The maximum atomic E-state index is 13.6. The van der Waals surface area contributed by atoms with Gasteiger partial charge in [-0.05, 0) is 46.6 Å². The molecule has 1 aromatic carbocycles. The Morgan fingerprint density at radius 2 is 2.05 bits per heavy atom. The topological polar surface area (TPSA) is 34.0 Å². The number of carbonyl (C=O) groups excluding carboxylic acids is 1. The molecular formula is C14H13Br2FN2O. The van der Waals surface area contributed by atoms with Crippen LogP contribution in [0, 0.1) is 5.82 Å². The van der Waals surface area contributed by atoms with Crippen LogP contribution in [-0.4, -0.2) is 10.5 Å². The Hall–Kier alpha value is -1.14. The first kappa shape index (κ1) is 15.3.